The Labute approximate surface area is 143 Å². The zero-order valence-electron chi connectivity index (χ0n) is 13.7. The van der Waals surface area contributed by atoms with E-state index in [1.54, 1.807) is 12.1 Å². The van der Waals surface area contributed by atoms with Crippen LogP contribution in [0.3, 0.4) is 0 Å². The minimum Gasteiger partial charge on any atom is -0.493 e. The van der Waals surface area contributed by atoms with E-state index in [4.69, 9.17) is 9.47 Å². The minimum atomic E-state index is -0.663. The van der Waals surface area contributed by atoms with Crippen LogP contribution in [0.1, 0.15) is 15.9 Å². The number of rotatable bonds is 7. The van der Waals surface area contributed by atoms with Crippen LogP contribution in [0.5, 0.6) is 11.5 Å². The molecule has 0 aromatic heterocycles. The number of ether oxygens (including phenoxy) is 2. The van der Waals surface area contributed by atoms with Gasteiger partial charge in [-0.1, -0.05) is 12.1 Å². The lowest BCUT2D eigenvalue weighted by molar-refractivity contribution is -0.385. The predicted octanol–water partition coefficient (Wildman–Crippen LogP) is 2.72. The molecule has 2 aromatic rings. The van der Waals surface area contributed by atoms with E-state index in [-0.39, 0.29) is 35.1 Å². The van der Waals surface area contributed by atoms with E-state index in [1.165, 1.54) is 32.4 Å². The SMILES string of the molecule is COc1cc(C(=O)NCCc2cccc(F)c2)c([N+](=O)[O-])cc1OC. The van der Waals surface area contributed by atoms with E-state index in [2.05, 4.69) is 5.32 Å². The molecule has 0 spiro atoms. The number of carbonyl (C=O) groups excluding carboxylic acids is 1. The maximum Gasteiger partial charge on any atom is 0.286 e. The molecule has 0 atom stereocenters. The molecule has 25 heavy (non-hydrogen) atoms. The number of carbonyl (C=O) groups is 1. The van der Waals surface area contributed by atoms with Crippen molar-refractivity contribution in [2.24, 2.45) is 0 Å². The van der Waals surface area contributed by atoms with Gasteiger partial charge in [0.2, 0.25) is 0 Å². The molecule has 0 unspecified atom stereocenters. The molecule has 0 saturated carbocycles. The average Bonchev–Trinajstić information content (AvgIpc) is 2.60. The van der Waals surface area contributed by atoms with Crippen LogP contribution in [-0.4, -0.2) is 31.6 Å². The van der Waals surface area contributed by atoms with Gasteiger partial charge in [-0.3, -0.25) is 14.9 Å². The first kappa shape index (κ1) is 18.2. The number of nitro benzene ring substituents is 1. The Balaban J connectivity index is 2.16. The van der Waals surface area contributed by atoms with E-state index < -0.39 is 10.8 Å². The van der Waals surface area contributed by atoms with Crippen molar-refractivity contribution in [1.82, 2.24) is 5.32 Å². The van der Waals surface area contributed by atoms with Crippen molar-refractivity contribution in [1.29, 1.82) is 0 Å². The highest BCUT2D eigenvalue weighted by Gasteiger charge is 2.24. The molecule has 7 nitrogen and oxygen atoms in total. The molecule has 0 fully saturated rings. The fourth-order valence-electron chi connectivity index (χ4n) is 2.31. The van der Waals surface area contributed by atoms with Crippen molar-refractivity contribution in [3.05, 3.63) is 63.5 Å². The van der Waals surface area contributed by atoms with Gasteiger partial charge >= 0.3 is 0 Å². The van der Waals surface area contributed by atoms with Gasteiger partial charge in [-0.25, -0.2) is 4.39 Å². The van der Waals surface area contributed by atoms with Gasteiger partial charge in [-0.15, -0.1) is 0 Å². The topological polar surface area (TPSA) is 90.7 Å². The number of amides is 1. The summed E-state index contributed by atoms with van der Waals surface area (Å²) < 4.78 is 23.2. The summed E-state index contributed by atoms with van der Waals surface area (Å²) in [6.45, 7) is 0.202. The summed E-state index contributed by atoms with van der Waals surface area (Å²) in [5.41, 5.74) is 0.185. The van der Waals surface area contributed by atoms with E-state index >= 15 is 0 Å². The number of hydrogen-bond acceptors (Lipinski definition) is 5. The van der Waals surface area contributed by atoms with Crippen LogP contribution in [-0.2, 0) is 6.42 Å². The van der Waals surface area contributed by atoms with E-state index in [0.717, 1.165) is 6.07 Å². The first-order valence-electron chi connectivity index (χ1n) is 7.39. The zero-order valence-corrected chi connectivity index (χ0v) is 13.7. The lowest BCUT2D eigenvalue weighted by atomic mass is 10.1. The van der Waals surface area contributed by atoms with Gasteiger partial charge in [0.15, 0.2) is 11.5 Å². The van der Waals surface area contributed by atoms with Crippen molar-refractivity contribution in [2.75, 3.05) is 20.8 Å². The fraction of sp³-hybridized carbons (Fsp3) is 0.235. The Bertz CT molecular complexity index is 795. The fourth-order valence-corrected chi connectivity index (χ4v) is 2.31. The first-order chi connectivity index (χ1) is 12.0. The maximum atomic E-state index is 13.1. The van der Waals surface area contributed by atoms with Crippen LogP contribution >= 0.6 is 0 Å². The van der Waals surface area contributed by atoms with Crippen LogP contribution in [0.2, 0.25) is 0 Å². The molecule has 0 saturated heterocycles. The van der Waals surface area contributed by atoms with E-state index in [0.29, 0.717) is 12.0 Å². The second-order valence-corrected chi connectivity index (χ2v) is 5.12. The Morgan fingerprint density at radius 1 is 1.20 bits per heavy atom. The molecule has 0 bridgehead atoms. The smallest absolute Gasteiger partial charge is 0.286 e. The minimum absolute atomic E-state index is 0.137. The molecule has 1 amide bonds. The highest BCUT2D eigenvalue weighted by molar-refractivity contribution is 5.99. The van der Waals surface area contributed by atoms with Crippen LogP contribution < -0.4 is 14.8 Å². The van der Waals surface area contributed by atoms with Crippen LogP contribution in [0.4, 0.5) is 10.1 Å². The summed E-state index contributed by atoms with van der Waals surface area (Å²) in [5.74, 6) is -0.614. The number of hydrogen-bond donors (Lipinski definition) is 1. The maximum absolute atomic E-state index is 13.1. The number of methoxy groups -OCH3 is 2. The van der Waals surface area contributed by atoms with E-state index in [9.17, 15) is 19.3 Å². The molecule has 0 aliphatic rings. The van der Waals surface area contributed by atoms with Crippen molar-refractivity contribution >= 4 is 11.6 Å². The number of nitrogens with one attached hydrogen (secondary N) is 1. The highest BCUT2D eigenvalue weighted by atomic mass is 19.1. The number of halogens is 1. The Hall–Kier alpha value is -3.16. The molecule has 2 aromatic carbocycles. The van der Waals surface area contributed by atoms with E-state index in [1.807, 2.05) is 0 Å². The zero-order chi connectivity index (χ0) is 18.4. The largest absolute Gasteiger partial charge is 0.493 e. The molecule has 8 heteroatoms. The lowest BCUT2D eigenvalue weighted by Crippen LogP contribution is -2.26. The molecule has 2 rings (SSSR count). The quantitative estimate of drug-likeness (QED) is 0.614. The third-order valence-electron chi connectivity index (χ3n) is 3.53. The van der Waals surface area contributed by atoms with Crippen molar-refractivity contribution in [3.63, 3.8) is 0 Å². The Morgan fingerprint density at radius 3 is 2.48 bits per heavy atom. The van der Waals surface area contributed by atoms with Crippen LogP contribution in [0.15, 0.2) is 36.4 Å². The lowest BCUT2D eigenvalue weighted by Gasteiger charge is -2.11. The van der Waals surface area contributed by atoms with Crippen molar-refractivity contribution in [3.8, 4) is 11.5 Å². The Kier molecular flexibility index (Phi) is 5.89. The molecule has 0 heterocycles. The predicted molar refractivity (Wildman–Crippen MR) is 88.6 cm³/mol. The van der Waals surface area contributed by atoms with Gasteiger partial charge in [0.05, 0.1) is 25.2 Å². The number of nitro groups is 1. The summed E-state index contributed by atoms with van der Waals surface area (Å²) in [4.78, 5) is 22.9. The van der Waals surface area contributed by atoms with Crippen LogP contribution in [0, 0.1) is 15.9 Å². The van der Waals surface area contributed by atoms with Gasteiger partial charge in [-0.2, -0.15) is 0 Å². The molecular weight excluding hydrogens is 331 g/mol. The molecule has 1 N–H and O–H groups in total. The molecule has 0 radical (unpaired) electrons. The monoisotopic (exact) mass is 348 g/mol. The van der Waals surface area contributed by atoms with Gasteiger partial charge in [0.1, 0.15) is 11.4 Å². The van der Waals surface area contributed by atoms with Crippen molar-refractivity contribution < 1.29 is 23.6 Å². The highest BCUT2D eigenvalue weighted by Crippen LogP contribution is 2.34. The summed E-state index contributed by atoms with van der Waals surface area (Å²) >= 11 is 0. The Morgan fingerprint density at radius 2 is 1.88 bits per heavy atom. The van der Waals surface area contributed by atoms with Crippen LogP contribution in [0.25, 0.3) is 0 Å². The molecule has 0 aliphatic heterocycles. The molecule has 132 valence electrons. The second kappa shape index (κ2) is 8.09. The summed E-state index contributed by atoms with van der Waals surface area (Å²) in [6.07, 6.45) is 0.393. The second-order valence-electron chi connectivity index (χ2n) is 5.12. The van der Waals surface area contributed by atoms with Gasteiger partial charge in [-0.05, 0) is 24.1 Å². The van der Waals surface area contributed by atoms with Crippen molar-refractivity contribution in [2.45, 2.75) is 6.42 Å². The summed E-state index contributed by atoms with van der Waals surface area (Å²) in [6, 6.07) is 8.40. The van der Waals surface area contributed by atoms with Gasteiger partial charge in [0.25, 0.3) is 11.6 Å². The van der Waals surface area contributed by atoms with Gasteiger partial charge < -0.3 is 14.8 Å². The molecule has 0 aliphatic carbocycles. The summed E-state index contributed by atoms with van der Waals surface area (Å²) in [7, 11) is 2.72. The molecular formula is C17H17FN2O5. The normalized spacial score (nSPS) is 10.2. The third kappa shape index (κ3) is 4.43. The standard InChI is InChI=1S/C17H17FN2O5/c1-24-15-9-13(14(20(22)23)10-16(15)25-2)17(21)19-7-6-11-4-3-5-12(18)8-11/h3-5,8-10H,6-7H2,1-2H3,(H,19,21). The third-order valence-corrected chi connectivity index (χ3v) is 3.53. The number of nitrogens with zero attached hydrogens (tertiary/aromatic N) is 1. The number of benzene rings is 2. The van der Waals surface area contributed by atoms with Gasteiger partial charge in [0, 0.05) is 12.6 Å². The first-order valence-corrected chi connectivity index (χ1v) is 7.39. The summed E-state index contributed by atoms with van der Waals surface area (Å²) in [5, 5.41) is 13.8. The average molecular weight is 348 g/mol.